The molecule has 1 saturated heterocycles. The highest BCUT2D eigenvalue weighted by atomic mass is 16.6. The maximum absolute atomic E-state index is 5.88. The van der Waals surface area contributed by atoms with E-state index in [1.807, 2.05) is 0 Å². The molecule has 4 atom stereocenters. The van der Waals surface area contributed by atoms with Crippen molar-refractivity contribution in [2.75, 3.05) is 6.61 Å². The van der Waals surface area contributed by atoms with E-state index in [-0.39, 0.29) is 11.2 Å². The fourth-order valence-corrected chi connectivity index (χ4v) is 3.46. The lowest BCUT2D eigenvalue weighted by Crippen LogP contribution is -2.43. The highest BCUT2D eigenvalue weighted by molar-refractivity contribution is 5.07. The molecule has 1 aliphatic carbocycles. The zero-order chi connectivity index (χ0) is 11.3. The average molecular weight is 212 g/mol. The molecule has 0 radical (unpaired) electrons. The second-order valence-electron chi connectivity index (χ2n) is 5.98. The van der Waals surface area contributed by atoms with Gasteiger partial charge in [0.05, 0.1) is 17.3 Å². The Balaban J connectivity index is 2.04. The molecule has 0 spiro atoms. The molecule has 0 bridgehead atoms. The predicted molar refractivity (Wildman–Crippen MR) is 60.9 cm³/mol. The molecule has 15 heavy (non-hydrogen) atoms. The van der Waals surface area contributed by atoms with Crippen molar-refractivity contribution < 1.29 is 9.47 Å². The van der Waals surface area contributed by atoms with Crippen LogP contribution in [0.4, 0.5) is 0 Å². The van der Waals surface area contributed by atoms with Crippen LogP contribution in [0.2, 0.25) is 0 Å². The van der Waals surface area contributed by atoms with E-state index in [1.165, 1.54) is 12.8 Å². The van der Waals surface area contributed by atoms with Crippen LogP contribution in [0, 0.1) is 11.8 Å². The van der Waals surface area contributed by atoms with Crippen molar-refractivity contribution in [3.8, 4) is 0 Å². The van der Waals surface area contributed by atoms with Crippen molar-refractivity contribution in [3.05, 3.63) is 0 Å². The van der Waals surface area contributed by atoms with Gasteiger partial charge in [0, 0.05) is 6.61 Å². The Bertz CT molecular complexity index is 249. The SMILES string of the molecule is CCOC(C)(C)C1CC2OC2(C)CC1C. The summed E-state index contributed by atoms with van der Waals surface area (Å²) < 4.78 is 11.7. The number of ether oxygens (including phenoxy) is 2. The maximum Gasteiger partial charge on any atom is 0.0923 e. The quantitative estimate of drug-likeness (QED) is 0.671. The summed E-state index contributed by atoms with van der Waals surface area (Å²) in [4.78, 5) is 0. The molecule has 4 unspecified atom stereocenters. The van der Waals surface area contributed by atoms with Gasteiger partial charge in [-0.25, -0.2) is 0 Å². The van der Waals surface area contributed by atoms with E-state index in [9.17, 15) is 0 Å². The molecule has 2 heteroatoms. The average Bonchev–Trinajstić information content (AvgIpc) is 2.73. The maximum atomic E-state index is 5.88. The van der Waals surface area contributed by atoms with Crippen molar-refractivity contribution >= 4 is 0 Å². The minimum atomic E-state index is 0.00144. The Morgan fingerprint density at radius 2 is 2.13 bits per heavy atom. The van der Waals surface area contributed by atoms with E-state index in [0.29, 0.717) is 17.9 Å². The summed E-state index contributed by atoms with van der Waals surface area (Å²) >= 11 is 0. The molecule has 2 aliphatic rings. The Labute approximate surface area is 93.3 Å². The predicted octanol–water partition coefficient (Wildman–Crippen LogP) is 3.01. The summed E-state index contributed by atoms with van der Waals surface area (Å²) in [6, 6.07) is 0. The van der Waals surface area contributed by atoms with E-state index in [0.717, 1.165) is 6.61 Å². The van der Waals surface area contributed by atoms with Gasteiger partial charge in [-0.1, -0.05) is 6.92 Å². The van der Waals surface area contributed by atoms with Crippen LogP contribution in [-0.2, 0) is 9.47 Å². The molecule has 0 aromatic carbocycles. The lowest BCUT2D eigenvalue weighted by molar-refractivity contribution is -0.0794. The van der Waals surface area contributed by atoms with E-state index < -0.39 is 0 Å². The fraction of sp³-hybridized carbons (Fsp3) is 1.00. The Hall–Kier alpha value is -0.0800. The third-order valence-electron chi connectivity index (χ3n) is 4.33. The van der Waals surface area contributed by atoms with Gasteiger partial charge < -0.3 is 9.47 Å². The first-order valence-electron chi connectivity index (χ1n) is 6.21. The lowest BCUT2D eigenvalue weighted by Gasteiger charge is -2.40. The van der Waals surface area contributed by atoms with Gasteiger partial charge in [-0.05, 0) is 52.4 Å². The minimum absolute atomic E-state index is 0.00144. The summed E-state index contributed by atoms with van der Waals surface area (Å²) in [6.45, 7) is 11.9. The number of rotatable bonds is 3. The van der Waals surface area contributed by atoms with Gasteiger partial charge in [-0.2, -0.15) is 0 Å². The number of hydrogen-bond acceptors (Lipinski definition) is 2. The Morgan fingerprint density at radius 1 is 1.47 bits per heavy atom. The van der Waals surface area contributed by atoms with Gasteiger partial charge in [-0.3, -0.25) is 0 Å². The third-order valence-corrected chi connectivity index (χ3v) is 4.33. The van der Waals surface area contributed by atoms with Gasteiger partial charge in [0.1, 0.15) is 0 Å². The summed E-state index contributed by atoms with van der Waals surface area (Å²) in [7, 11) is 0. The minimum Gasteiger partial charge on any atom is -0.376 e. The number of epoxide rings is 1. The summed E-state index contributed by atoms with van der Waals surface area (Å²) in [6.07, 6.45) is 2.86. The van der Waals surface area contributed by atoms with Crippen molar-refractivity contribution in [2.24, 2.45) is 11.8 Å². The number of hydrogen-bond donors (Lipinski definition) is 0. The molecule has 1 saturated carbocycles. The largest absolute Gasteiger partial charge is 0.376 e. The molecule has 0 N–H and O–H groups in total. The zero-order valence-corrected chi connectivity index (χ0v) is 10.7. The lowest BCUT2D eigenvalue weighted by atomic mass is 9.69. The molecule has 0 amide bonds. The molecule has 2 nitrogen and oxygen atoms in total. The first-order valence-corrected chi connectivity index (χ1v) is 6.21. The number of fused-ring (bicyclic) bond motifs is 1. The van der Waals surface area contributed by atoms with Crippen LogP contribution in [0.25, 0.3) is 0 Å². The Kier molecular flexibility index (Phi) is 2.63. The first kappa shape index (κ1) is 11.4. The van der Waals surface area contributed by atoms with Crippen molar-refractivity contribution in [3.63, 3.8) is 0 Å². The van der Waals surface area contributed by atoms with Crippen LogP contribution in [-0.4, -0.2) is 23.9 Å². The third kappa shape index (κ3) is 1.94. The van der Waals surface area contributed by atoms with Crippen LogP contribution in [0.5, 0.6) is 0 Å². The van der Waals surface area contributed by atoms with E-state index in [1.54, 1.807) is 0 Å². The van der Waals surface area contributed by atoms with E-state index in [4.69, 9.17) is 9.47 Å². The summed E-state index contributed by atoms with van der Waals surface area (Å²) in [5, 5.41) is 0. The van der Waals surface area contributed by atoms with E-state index in [2.05, 4.69) is 34.6 Å². The topological polar surface area (TPSA) is 21.8 Å². The molecule has 2 rings (SSSR count). The normalized spacial score (nSPS) is 45.0. The molecule has 0 aromatic heterocycles. The van der Waals surface area contributed by atoms with Crippen LogP contribution >= 0.6 is 0 Å². The highest BCUT2D eigenvalue weighted by Crippen LogP contribution is 2.54. The van der Waals surface area contributed by atoms with Crippen LogP contribution in [0.1, 0.15) is 47.5 Å². The molecule has 1 heterocycles. The second kappa shape index (κ2) is 3.46. The van der Waals surface area contributed by atoms with E-state index >= 15 is 0 Å². The van der Waals surface area contributed by atoms with Crippen LogP contribution in [0.3, 0.4) is 0 Å². The molecule has 1 aliphatic heterocycles. The fourth-order valence-electron chi connectivity index (χ4n) is 3.46. The molecule has 2 fully saturated rings. The zero-order valence-electron chi connectivity index (χ0n) is 10.7. The monoisotopic (exact) mass is 212 g/mol. The standard InChI is InChI=1S/C13H24O2/c1-6-14-12(3,4)10-7-11-13(5,15-11)8-9(10)2/h9-11H,6-8H2,1-5H3. The van der Waals surface area contributed by atoms with Crippen LogP contribution in [0.15, 0.2) is 0 Å². The van der Waals surface area contributed by atoms with Gasteiger partial charge >= 0.3 is 0 Å². The van der Waals surface area contributed by atoms with Gasteiger partial charge in [0.2, 0.25) is 0 Å². The highest BCUT2D eigenvalue weighted by Gasteiger charge is 2.59. The van der Waals surface area contributed by atoms with Crippen LogP contribution < -0.4 is 0 Å². The molecule has 0 aromatic rings. The van der Waals surface area contributed by atoms with Crippen molar-refractivity contribution in [1.29, 1.82) is 0 Å². The smallest absolute Gasteiger partial charge is 0.0923 e. The van der Waals surface area contributed by atoms with Crippen molar-refractivity contribution in [1.82, 2.24) is 0 Å². The first-order chi connectivity index (χ1) is 6.89. The van der Waals surface area contributed by atoms with Gasteiger partial charge in [0.15, 0.2) is 0 Å². The van der Waals surface area contributed by atoms with Gasteiger partial charge in [-0.15, -0.1) is 0 Å². The van der Waals surface area contributed by atoms with Gasteiger partial charge in [0.25, 0.3) is 0 Å². The second-order valence-corrected chi connectivity index (χ2v) is 5.98. The van der Waals surface area contributed by atoms with Crippen molar-refractivity contribution in [2.45, 2.75) is 64.8 Å². The summed E-state index contributed by atoms with van der Waals surface area (Å²) in [5.74, 6) is 1.34. The summed E-state index contributed by atoms with van der Waals surface area (Å²) in [5.41, 5.74) is 0.208. The molecular weight excluding hydrogens is 188 g/mol. The molecular formula is C13H24O2. The Morgan fingerprint density at radius 3 is 2.73 bits per heavy atom. The molecule has 88 valence electrons.